The van der Waals surface area contributed by atoms with Crippen LogP contribution in [0, 0.1) is 0 Å². The molecule has 0 fully saturated rings. The Kier molecular flexibility index (Phi) is 4.49. The van der Waals surface area contributed by atoms with Gasteiger partial charge in [0.05, 0.1) is 5.56 Å². The van der Waals surface area contributed by atoms with Crippen molar-refractivity contribution in [3.8, 4) is 0 Å². The minimum atomic E-state index is -0.959. The molecule has 1 amide bonds. The molecule has 6 nitrogen and oxygen atoms in total. The number of carboxylic acid groups (broad SMARTS) is 1. The number of amides is 1. The van der Waals surface area contributed by atoms with Gasteiger partial charge in [0.15, 0.2) is 0 Å². The quantitative estimate of drug-likeness (QED) is 0.830. The lowest BCUT2D eigenvalue weighted by atomic mass is 10.1. The summed E-state index contributed by atoms with van der Waals surface area (Å²) in [6.07, 6.45) is 3.83. The standard InChI is InChI=1S/C14H15N3O3/c18-13(6-9-17-8-1-7-16-17)15-10-11-2-4-12(5-3-11)14(19)20/h1-5,7-8H,6,9-10H2,(H,15,18)(H,19,20). The largest absolute Gasteiger partial charge is 0.478 e. The Balaban J connectivity index is 1.76. The molecule has 1 heterocycles. The number of nitrogens with one attached hydrogen (secondary N) is 1. The minimum absolute atomic E-state index is 0.0668. The van der Waals surface area contributed by atoms with E-state index in [2.05, 4.69) is 10.4 Å². The molecule has 0 bridgehead atoms. The average Bonchev–Trinajstić information content (AvgIpc) is 2.96. The van der Waals surface area contributed by atoms with E-state index in [4.69, 9.17) is 5.11 Å². The Labute approximate surface area is 116 Å². The normalized spacial score (nSPS) is 10.2. The second-order valence-electron chi connectivity index (χ2n) is 4.30. The Hall–Kier alpha value is -2.63. The SMILES string of the molecule is O=C(CCn1cccn1)NCc1ccc(C(=O)O)cc1. The number of carbonyl (C=O) groups excluding carboxylic acids is 1. The third-order valence-electron chi connectivity index (χ3n) is 2.82. The van der Waals surface area contributed by atoms with E-state index in [9.17, 15) is 9.59 Å². The van der Waals surface area contributed by atoms with Crippen molar-refractivity contribution >= 4 is 11.9 Å². The molecule has 2 N–H and O–H groups in total. The summed E-state index contributed by atoms with van der Waals surface area (Å²) < 4.78 is 1.70. The number of benzene rings is 1. The van der Waals surface area contributed by atoms with Gasteiger partial charge in [-0.2, -0.15) is 5.10 Å². The first-order valence-corrected chi connectivity index (χ1v) is 6.21. The van der Waals surface area contributed by atoms with Crippen molar-refractivity contribution in [1.82, 2.24) is 15.1 Å². The van der Waals surface area contributed by atoms with Gasteiger partial charge >= 0.3 is 5.97 Å². The number of aromatic nitrogens is 2. The summed E-state index contributed by atoms with van der Waals surface area (Å²) in [7, 11) is 0. The molecule has 0 aliphatic carbocycles. The topological polar surface area (TPSA) is 84.2 Å². The Bertz CT molecular complexity index is 576. The number of hydrogen-bond acceptors (Lipinski definition) is 3. The number of aryl methyl sites for hydroxylation is 1. The highest BCUT2D eigenvalue weighted by atomic mass is 16.4. The molecular weight excluding hydrogens is 258 g/mol. The molecule has 0 aliphatic heterocycles. The molecule has 0 atom stereocenters. The highest BCUT2D eigenvalue weighted by Crippen LogP contribution is 2.04. The maximum absolute atomic E-state index is 11.6. The lowest BCUT2D eigenvalue weighted by molar-refractivity contribution is -0.121. The highest BCUT2D eigenvalue weighted by Gasteiger charge is 2.04. The molecule has 6 heteroatoms. The van der Waals surface area contributed by atoms with Crippen molar-refractivity contribution in [2.75, 3.05) is 0 Å². The number of rotatable bonds is 6. The van der Waals surface area contributed by atoms with E-state index in [0.29, 0.717) is 19.5 Å². The van der Waals surface area contributed by atoms with Gasteiger partial charge in [-0.05, 0) is 23.8 Å². The van der Waals surface area contributed by atoms with Crippen LogP contribution in [-0.2, 0) is 17.9 Å². The molecule has 0 unspecified atom stereocenters. The summed E-state index contributed by atoms with van der Waals surface area (Å²) >= 11 is 0. The fourth-order valence-corrected chi connectivity index (χ4v) is 1.70. The van der Waals surface area contributed by atoms with Gasteiger partial charge in [0, 0.05) is 31.9 Å². The van der Waals surface area contributed by atoms with Gasteiger partial charge < -0.3 is 10.4 Å². The summed E-state index contributed by atoms with van der Waals surface area (Å²) in [4.78, 5) is 22.3. The molecule has 0 saturated carbocycles. The Morgan fingerprint density at radius 3 is 2.60 bits per heavy atom. The van der Waals surface area contributed by atoms with Crippen LogP contribution < -0.4 is 5.32 Å². The van der Waals surface area contributed by atoms with Crippen LogP contribution in [0.2, 0.25) is 0 Å². The lowest BCUT2D eigenvalue weighted by Crippen LogP contribution is -2.24. The van der Waals surface area contributed by atoms with E-state index in [0.717, 1.165) is 5.56 Å². The lowest BCUT2D eigenvalue weighted by Gasteiger charge is -2.06. The van der Waals surface area contributed by atoms with Gasteiger partial charge in [0.1, 0.15) is 0 Å². The highest BCUT2D eigenvalue weighted by molar-refractivity contribution is 5.87. The predicted octanol–water partition coefficient (Wildman–Crippen LogP) is 1.29. The summed E-state index contributed by atoms with van der Waals surface area (Å²) in [5, 5.41) is 15.6. The monoisotopic (exact) mass is 273 g/mol. The van der Waals surface area contributed by atoms with E-state index >= 15 is 0 Å². The van der Waals surface area contributed by atoms with E-state index in [1.165, 1.54) is 12.1 Å². The van der Waals surface area contributed by atoms with E-state index < -0.39 is 5.97 Å². The minimum Gasteiger partial charge on any atom is -0.478 e. The van der Waals surface area contributed by atoms with Crippen molar-refractivity contribution in [3.05, 3.63) is 53.9 Å². The van der Waals surface area contributed by atoms with Gasteiger partial charge in [-0.15, -0.1) is 0 Å². The molecule has 0 saturated heterocycles. The van der Waals surface area contributed by atoms with Gasteiger partial charge in [0.25, 0.3) is 0 Å². The summed E-state index contributed by atoms with van der Waals surface area (Å²) in [6, 6.07) is 8.23. The van der Waals surface area contributed by atoms with E-state index in [1.54, 1.807) is 29.2 Å². The van der Waals surface area contributed by atoms with Crippen LogP contribution in [0.1, 0.15) is 22.3 Å². The van der Waals surface area contributed by atoms with Crippen LogP contribution in [0.4, 0.5) is 0 Å². The molecule has 2 aromatic rings. The molecule has 1 aromatic heterocycles. The number of nitrogens with zero attached hydrogens (tertiary/aromatic N) is 2. The van der Waals surface area contributed by atoms with Crippen LogP contribution in [0.3, 0.4) is 0 Å². The van der Waals surface area contributed by atoms with Crippen molar-refractivity contribution in [2.45, 2.75) is 19.5 Å². The molecule has 104 valence electrons. The van der Waals surface area contributed by atoms with Crippen LogP contribution in [0.25, 0.3) is 0 Å². The summed E-state index contributed by atoms with van der Waals surface area (Å²) in [5.41, 5.74) is 1.10. The number of carbonyl (C=O) groups is 2. The van der Waals surface area contributed by atoms with Gasteiger partial charge in [-0.3, -0.25) is 9.48 Å². The first-order chi connectivity index (χ1) is 9.65. The van der Waals surface area contributed by atoms with Crippen LogP contribution in [0.15, 0.2) is 42.7 Å². The zero-order valence-electron chi connectivity index (χ0n) is 10.8. The van der Waals surface area contributed by atoms with Crippen molar-refractivity contribution in [2.24, 2.45) is 0 Å². The average molecular weight is 273 g/mol. The number of carboxylic acids is 1. The van der Waals surface area contributed by atoms with E-state index in [-0.39, 0.29) is 11.5 Å². The molecule has 1 aromatic carbocycles. The predicted molar refractivity (Wildman–Crippen MR) is 72.1 cm³/mol. The molecule has 20 heavy (non-hydrogen) atoms. The van der Waals surface area contributed by atoms with Crippen molar-refractivity contribution in [1.29, 1.82) is 0 Å². The number of aromatic carboxylic acids is 1. The first-order valence-electron chi connectivity index (χ1n) is 6.21. The Morgan fingerprint density at radius 2 is 2.00 bits per heavy atom. The zero-order valence-corrected chi connectivity index (χ0v) is 10.8. The molecule has 0 radical (unpaired) electrons. The Morgan fingerprint density at radius 1 is 1.25 bits per heavy atom. The summed E-state index contributed by atoms with van der Waals surface area (Å²) in [5.74, 6) is -1.03. The maximum Gasteiger partial charge on any atom is 0.335 e. The van der Waals surface area contributed by atoms with Crippen LogP contribution >= 0.6 is 0 Å². The fraction of sp³-hybridized carbons (Fsp3) is 0.214. The molecule has 0 spiro atoms. The summed E-state index contributed by atoms with van der Waals surface area (Å²) in [6.45, 7) is 0.925. The zero-order chi connectivity index (χ0) is 14.4. The fourth-order valence-electron chi connectivity index (χ4n) is 1.70. The second kappa shape index (κ2) is 6.51. The van der Waals surface area contributed by atoms with Crippen molar-refractivity contribution < 1.29 is 14.7 Å². The van der Waals surface area contributed by atoms with Gasteiger partial charge in [0.2, 0.25) is 5.91 Å². The maximum atomic E-state index is 11.6. The molecular formula is C14H15N3O3. The van der Waals surface area contributed by atoms with Crippen LogP contribution in [-0.4, -0.2) is 26.8 Å². The van der Waals surface area contributed by atoms with Crippen LogP contribution in [0.5, 0.6) is 0 Å². The third-order valence-corrected chi connectivity index (χ3v) is 2.82. The molecule has 2 rings (SSSR count). The van der Waals surface area contributed by atoms with Gasteiger partial charge in [-0.1, -0.05) is 12.1 Å². The molecule has 0 aliphatic rings. The van der Waals surface area contributed by atoms with Gasteiger partial charge in [-0.25, -0.2) is 4.79 Å². The first kappa shape index (κ1) is 13.8. The second-order valence-corrected chi connectivity index (χ2v) is 4.30. The van der Waals surface area contributed by atoms with E-state index in [1.807, 2.05) is 6.07 Å². The number of hydrogen-bond donors (Lipinski definition) is 2. The third kappa shape index (κ3) is 3.94. The smallest absolute Gasteiger partial charge is 0.335 e. The van der Waals surface area contributed by atoms with Crippen molar-refractivity contribution in [3.63, 3.8) is 0 Å².